The summed E-state index contributed by atoms with van der Waals surface area (Å²) in [7, 11) is -3.82. The van der Waals surface area contributed by atoms with Crippen molar-refractivity contribution < 1.29 is 22.3 Å². The number of rotatable bonds is 7. The van der Waals surface area contributed by atoms with Crippen LogP contribution in [0.5, 0.6) is 0 Å². The predicted octanol–water partition coefficient (Wildman–Crippen LogP) is 3.44. The van der Waals surface area contributed by atoms with E-state index >= 15 is 0 Å². The molecule has 1 aliphatic rings. The van der Waals surface area contributed by atoms with Gasteiger partial charge in [0.15, 0.2) is 0 Å². The summed E-state index contributed by atoms with van der Waals surface area (Å²) in [5.41, 5.74) is 1.38. The highest BCUT2D eigenvalue weighted by atomic mass is 32.2. The van der Waals surface area contributed by atoms with Crippen LogP contribution in [-0.4, -0.2) is 44.9 Å². The Morgan fingerprint density at radius 2 is 1.83 bits per heavy atom. The molecule has 0 aliphatic carbocycles. The second kappa shape index (κ2) is 9.47. The summed E-state index contributed by atoms with van der Waals surface area (Å²) in [6.07, 6.45) is 3.14. The fourth-order valence-electron chi connectivity index (χ4n) is 3.11. The Hall–Kier alpha value is -2.29. The van der Waals surface area contributed by atoms with Gasteiger partial charge in [0.25, 0.3) is 5.91 Å². The fraction of sp³-hybridized carbons (Fsp3) is 0.381. The normalized spacial score (nSPS) is 15.2. The first-order valence-corrected chi connectivity index (χ1v) is 11.1. The third-order valence-corrected chi connectivity index (χ3v) is 6.72. The van der Waals surface area contributed by atoms with Crippen molar-refractivity contribution >= 4 is 21.6 Å². The van der Waals surface area contributed by atoms with Gasteiger partial charge in [-0.1, -0.05) is 25.5 Å². The van der Waals surface area contributed by atoms with E-state index in [9.17, 15) is 17.6 Å². The molecule has 156 valence electrons. The zero-order valence-corrected chi connectivity index (χ0v) is 17.2. The van der Waals surface area contributed by atoms with Crippen LogP contribution < -0.4 is 5.32 Å². The van der Waals surface area contributed by atoms with Crippen molar-refractivity contribution in [3.63, 3.8) is 0 Å². The van der Waals surface area contributed by atoms with Gasteiger partial charge in [-0.3, -0.25) is 4.79 Å². The number of carbonyl (C=O) groups excluding carboxylic acids is 1. The average molecular weight is 421 g/mol. The lowest BCUT2D eigenvalue weighted by molar-refractivity contribution is 0.0730. The first-order valence-electron chi connectivity index (χ1n) is 9.69. The Morgan fingerprint density at radius 3 is 2.48 bits per heavy atom. The zero-order valence-electron chi connectivity index (χ0n) is 16.4. The number of anilines is 1. The summed E-state index contributed by atoms with van der Waals surface area (Å²) in [5, 5.41) is 2.63. The van der Waals surface area contributed by atoms with E-state index in [4.69, 9.17) is 4.74 Å². The largest absolute Gasteiger partial charge is 0.379 e. The highest BCUT2D eigenvalue weighted by Crippen LogP contribution is 2.21. The Bertz CT molecular complexity index is 955. The average Bonchev–Trinajstić information content (AvgIpc) is 2.74. The molecule has 2 aromatic rings. The molecule has 0 unspecified atom stereocenters. The maximum absolute atomic E-state index is 14.3. The fourth-order valence-corrected chi connectivity index (χ4v) is 4.54. The van der Waals surface area contributed by atoms with Crippen molar-refractivity contribution in [2.24, 2.45) is 0 Å². The Labute approximate surface area is 170 Å². The van der Waals surface area contributed by atoms with E-state index in [1.807, 2.05) is 12.1 Å². The first kappa shape index (κ1) is 21.4. The lowest BCUT2D eigenvalue weighted by Crippen LogP contribution is -2.40. The molecule has 1 saturated heterocycles. The van der Waals surface area contributed by atoms with Crippen molar-refractivity contribution in [1.82, 2.24) is 4.31 Å². The predicted molar refractivity (Wildman–Crippen MR) is 109 cm³/mol. The van der Waals surface area contributed by atoms with Crippen molar-refractivity contribution in [2.45, 2.75) is 31.1 Å². The number of amides is 1. The first-order chi connectivity index (χ1) is 13.9. The van der Waals surface area contributed by atoms with E-state index in [1.54, 1.807) is 12.1 Å². The third-order valence-electron chi connectivity index (χ3n) is 4.82. The monoisotopic (exact) mass is 420 g/mol. The maximum atomic E-state index is 14.3. The summed E-state index contributed by atoms with van der Waals surface area (Å²) >= 11 is 0. The van der Waals surface area contributed by atoms with Gasteiger partial charge in [0.2, 0.25) is 10.0 Å². The highest BCUT2D eigenvalue weighted by Gasteiger charge is 2.27. The van der Waals surface area contributed by atoms with Crippen LogP contribution in [-0.2, 0) is 21.2 Å². The number of nitrogens with zero attached hydrogens (tertiary/aromatic N) is 1. The molecule has 1 fully saturated rings. The number of aryl methyl sites for hydroxylation is 1. The van der Waals surface area contributed by atoms with Gasteiger partial charge in [-0.25, -0.2) is 12.8 Å². The topological polar surface area (TPSA) is 75.7 Å². The lowest BCUT2D eigenvalue weighted by Gasteiger charge is -2.26. The minimum Gasteiger partial charge on any atom is -0.379 e. The number of carbonyl (C=O) groups is 1. The molecule has 6 nitrogen and oxygen atoms in total. The van der Waals surface area contributed by atoms with Gasteiger partial charge in [-0.05, 0) is 48.7 Å². The molecule has 0 saturated carbocycles. The van der Waals surface area contributed by atoms with E-state index in [2.05, 4.69) is 12.2 Å². The summed E-state index contributed by atoms with van der Waals surface area (Å²) in [6, 6.07) is 10.6. The van der Waals surface area contributed by atoms with E-state index in [1.165, 1.54) is 10.4 Å². The molecule has 0 spiro atoms. The van der Waals surface area contributed by atoms with E-state index in [0.29, 0.717) is 18.9 Å². The smallest absolute Gasteiger partial charge is 0.258 e. The van der Waals surface area contributed by atoms with Gasteiger partial charge in [-0.2, -0.15) is 4.31 Å². The Kier molecular flexibility index (Phi) is 7.00. The van der Waals surface area contributed by atoms with E-state index in [0.717, 1.165) is 37.0 Å². The molecule has 0 atom stereocenters. The number of morpholine rings is 1. The van der Waals surface area contributed by atoms with Crippen LogP contribution in [0.1, 0.15) is 35.7 Å². The Balaban J connectivity index is 1.77. The van der Waals surface area contributed by atoms with Gasteiger partial charge >= 0.3 is 0 Å². The Morgan fingerprint density at radius 1 is 1.14 bits per heavy atom. The van der Waals surface area contributed by atoms with Gasteiger partial charge in [-0.15, -0.1) is 0 Å². The highest BCUT2D eigenvalue weighted by molar-refractivity contribution is 7.89. The minimum atomic E-state index is -3.82. The summed E-state index contributed by atoms with van der Waals surface area (Å²) in [6.45, 7) is 3.19. The van der Waals surface area contributed by atoms with Gasteiger partial charge in [0.1, 0.15) is 5.82 Å². The molecule has 8 heteroatoms. The summed E-state index contributed by atoms with van der Waals surface area (Å²) in [4.78, 5) is 12.5. The third kappa shape index (κ3) is 5.20. The van der Waals surface area contributed by atoms with Crippen LogP contribution >= 0.6 is 0 Å². The molecule has 2 aromatic carbocycles. The quantitative estimate of drug-likeness (QED) is 0.745. The maximum Gasteiger partial charge on any atom is 0.258 e. The van der Waals surface area contributed by atoms with Crippen molar-refractivity contribution in [3.8, 4) is 0 Å². The van der Waals surface area contributed by atoms with Crippen LogP contribution in [0.2, 0.25) is 0 Å². The van der Waals surface area contributed by atoms with Crippen molar-refractivity contribution in [1.29, 1.82) is 0 Å². The summed E-state index contributed by atoms with van der Waals surface area (Å²) in [5.74, 6) is -1.47. The van der Waals surface area contributed by atoms with Gasteiger partial charge in [0, 0.05) is 18.8 Å². The number of ether oxygens (including phenoxy) is 1. The molecular weight excluding hydrogens is 395 g/mol. The van der Waals surface area contributed by atoms with Crippen LogP contribution in [0, 0.1) is 5.82 Å². The van der Waals surface area contributed by atoms with Crippen LogP contribution in [0.3, 0.4) is 0 Å². The number of benzene rings is 2. The number of nitrogens with one attached hydrogen (secondary N) is 1. The van der Waals surface area contributed by atoms with Crippen molar-refractivity contribution in [2.75, 3.05) is 31.6 Å². The molecule has 0 aromatic heterocycles. The molecule has 1 N–H and O–H groups in total. The van der Waals surface area contributed by atoms with E-state index < -0.39 is 21.7 Å². The number of sulfonamides is 1. The van der Waals surface area contributed by atoms with Gasteiger partial charge in [0.05, 0.1) is 23.7 Å². The van der Waals surface area contributed by atoms with Crippen LogP contribution in [0.15, 0.2) is 47.4 Å². The molecule has 1 amide bonds. The SMILES string of the molecule is CCCCc1ccc(NC(=O)c2cc(S(=O)(=O)N3CCOCC3)ccc2F)cc1. The second-order valence-electron chi connectivity index (χ2n) is 6.91. The molecule has 1 heterocycles. The molecular formula is C21H25FN2O4S. The summed E-state index contributed by atoms with van der Waals surface area (Å²) < 4.78 is 46.3. The molecule has 1 aliphatic heterocycles. The number of hydrogen-bond acceptors (Lipinski definition) is 4. The number of unbranched alkanes of at least 4 members (excludes halogenated alkanes) is 1. The molecule has 0 radical (unpaired) electrons. The standard InChI is InChI=1S/C21H25FN2O4S/c1-2-3-4-16-5-7-17(8-6-16)23-21(25)19-15-18(9-10-20(19)22)29(26,27)24-11-13-28-14-12-24/h5-10,15H,2-4,11-14H2,1H3,(H,23,25). The van der Waals surface area contributed by atoms with Gasteiger partial charge < -0.3 is 10.1 Å². The van der Waals surface area contributed by atoms with Crippen LogP contribution in [0.4, 0.5) is 10.1 Å². The van der Waals surface area contributed by atoms with E-state index in [-0.39, 0.29) is 23.5 Å². The molecule has 29 heavy (non-hydrogen) atoms. The van der Waals surface area contributed by atoms with Crippen molar-refractivity contribution in [3.05, 3.63) is 59.4 Å². The molecule has 0 bridgehead atoms. The molecule has 3 rings (SSSR count). The number of halogens is 1. The zero-order chi connectivity index (χ0) is 20.9. The lowest BCUT2D eigenvalue weighted by atomic mass is 10.1. The van der Waals surface area contributed by atoms with Crippen LogP contribution in [0.25, 0.3) is 0 Å². The second-order valence-corrected chi connectivity index (χ2v) is 8.85. The number of hydrogen-bond donors (Lipinski definition) is 1. The minimum absolute atomic E-state index is 0.110.